The molecule has 92 valence electrons. The standard InChI is InChI=1S/C14H11ClINO/c1-8-6-10(17)3-4-11(8)14(18)12-7-9(15)2-5-13(12)16/h2-7H,17H2,1H3. The highest BCUT2D eigenvalue weighted by Crippen LogP contribution is 2.23. The molecule has 0 aliphatic rings. The fraction of sp³-hybridized carbons (Fsp3) is 0.0714. The van der Waals surface area contributed by atoms with Gasteiger partial charge >= 0.3 is 0 Å². The summed E-state index contributed by atoms with van der Waals surface area (Å²) < 4.78 is 0.887. The lowest BCUT2D eigenvalue weighted by Gasteiger charge is -2.08. The molecule has 2 aromatic rings. The molecular formula is C14H11ClINO. The molecule has 2 aromatic carbocycles. The molecule has 0 radical (unpaired) electrons. The van der Waals surface area contributed by atoms with Gasteiger partial charge in [-0.2, -0.15) is 0 Å². The second kappa shape index (κ2) is 5.28. The Morgan fingerprint density at radius 1 is 1.17 bits per heavy atom. The van der Waals surface area contributed by atoms with E-state index >= 15 is 0 Å². The molecule has 0 fully saturated rings. The lowest BCUT2D eigenvalue weighted by atomic mass is 9.99. The zero-order valence-corrected chi connectivity index (χ0v) is 12.6. The number of hydrogen-bond acceptors (Lipinski definition) is 2. The van der Waals surface area contributed by atoms with Crippen molar-refractivity contribution in [3.8, 4) is 0 Å². The van der Waals surface area contributed by atoms with Crippen LogP contribution >= 0.6 is 34.2 Å². The van der Waals surface area contributed by atoms with Gasteiger partial charge in [0.1, 0.15) is 0 Å². The van der Waals surface area contributed by atoms with E-state index in [1.54, 1.807) is 30.3 Å². The molecule has 0 aromatic heterocycles. The molecule has 0 aliphatic heterocycles. The van der Waals surface area contributed by atoms with E-state index in [-0.39, 0.29) is 5.78 Å². The topological polar surface area (TPSA) is 43.1 Å². The Labute approximate surface area is 124 Å². The Morgan fingerprint density at radius 3 is 2.56 bits per heavy atom. The van der Waals surface area contributed by atoms with Crippen molar-refractivity contribution in [1.82, 2.24) is 0 Å². The van der Waals surface area contributed by atoms with Gasteiger partial charge in [-0.25, -0.2) is 0 Å². The summed E-state index contributed by atoms with van der Waals surface area (Å²) in [6, 6.07) is 10.6. The van der Waals surface area contributed by atoms with E-state index in [1.807, 2.05) is 13.0 Å². The number of hydrogen-bond donors (Lipinski definition) is 1. The molecule has 0 atom stereocenters. The van der Waals surface area contributed by atoms with Crippen molar-refractivity contribution >= 4 is 45.7 Å². The third-order valence-corrected chi connectivity index (χ3v) is 3.84. The Kier molecular flexibility index (Phi) is 3.92. The first-order chi connectivity index (χ1) is 8.49. The molecule has 0 saturated heterocycles. The molecule has 2 rings (SSSR count). The van der Waals surface area contributed by atoms with Crippen molar-refractivity contribution in [3.05, 3.63) is 61.7 Å². The van der Waals surface area contributed by atoms with Gasteiger partial charge in [-0.3, -0.25) is 4.79 Å². The van der Waals surface area contributed by atoms with Gasteiger partial charge in [0.2, 0.25) is 0 Å². The maximum absolute atomic E-state index is 12.4. The van der Waals surface area contributed by atoms with Crippen LogP contribution in [0.3, 0.4) is 0 Å². The van der Waals surface area contributed by atoms with E-state index in [2.05, 4.69) is 22.6 Å². The first-order valence-corrected chi connectivity index (χ1v) is 6.80. The lowest BCUT2D eigenvalue weighted by molar-refractivity contribution is 0.103. The van der Waals surface area contributed by atoms with Crippen molar-refractivity contribution in [1.29, 1.82) is 0 Å². The number of nitrogens with two attached hydrogens (primary N) is 1. The van der Waals surface area contributed by atoms with Crippen molar-refractivity contribution in [2.75, 3.05) is 5.73 Å². The number of halogens is 2. The highest BCUT2D eigenvalue weighted by molar-refractivity contribution is 14.1. The average Bonchev–Trinajstić information content (AvgIpc) is 2.31. The minimum Gasteiger partial charge on any atom is -0.399 e. The van der Waals surface area contributed by atoms with E-state index in [0.717, 1.165) is 9.13 Å². The molecule has 18 heavy (non-hydrogen) atoms. The fourth-order valence-corrected chi connectivity index (χ4v) is 2.51. The van der Waals surface area contributed by atoms with Crippen LogP contribution in [0.15, 0.2) is 36.4 Å². The van der Waals surface area contributed by atoms with Crippen LogP contribution in [0.1, 0.15) is 21.5 Å². The van der Waals surface area contributed by atoms with Crippen LogP contribution in [0.5, 0.6) is 0 Å². The molecule has 0 spiro atoms. The molecule has 0 amide bonds. The number of benzene rings is 2. The van der Waals surface area contributed by atoms with E-state index < -0.39 is 0 Å². The summed E-state index contributed by atoms with van der Waals surface area (Å²) in [5.41, 5.74) is 8.49. The molecule has 0 aliphatic carbocycles. The van der Waals surface area contributed by atoms with E-state index in [9.17, 15) is 4.79 Å². The van der Waals surface area contributed by atoms with E-state index in [4.69, 9.17) is 17.3 Å². The van der Waals surface area contributed by atoms with E-state index in [0.29, 0.717) is 21.8 Å². The smallest absolute Gasteiger partial charge is 0.194 e. The Balaban J connectivity index is 2.51. The molecule has 0 saturated carbocycles. The molecule has 0 bridgehead atoms. The third kappa shape index (κ3) is 2.67. The maximum Gasteiger partial charge on any atom is 0.194 e. The monoisotopic (exact) mass is 371 g/mol. The van der Waals surface area contributed by atoms with Gasteiger partial charge in [0.05, 0.1) is 0 Å². The van der Waals surface area contributed by atoms with Gasteiger partial charge in [0, 0.05) is 25.4 Å². The molecule has 0 unspecified atom stereocenters. The number of ketones is 1. The predicted octanol–water partition coefficient (Wildman–Crippen LogP) is 4.07. The second-order valence-electron chi connectivity index (χ2n) is 4.03. The zero-order chi connectivity index (χ0) is 13.3. The highest BCUT2D eigenvalue weighted by Gasteiger charge is 2.15. The summed E-state index contributed by atoms with van der Waals surface area (Å²) in [5, 5.41) is 0.562. The number of carbonyl (C=O) groups excluding carboxylic acids is 1. The summed E-state index contributed by atoms with van der Waals surface area (Å²) >= 11 is 8.07. The first kappa shape index (κ1) is 13.4. The largest absolute Gasteiger partial charge is 0.399 e. The van der Waals surface area contributed by atoms with Gasteiger partial charge in [0.15, 0.2) is 5.78 Å². The minimum atomic E-state index is -0.0283. The zero-order valence-electron chi connectivity index (χ0n) is 9.71. The highest BCUT2D eigenvalue weighted by atomic mass is 127. The quantitative estimate of drug-likeness (QED) is 0.491. The number of nitrogen functional groups attached to an aromatic ring is 1. The Hall–Kier alpha value is -1.07. The average molecular weight is 372 g/mol. The van der Waals surface area contributed by atoms with Crippen LogP contribution in [-0.4, -0.2) is 5.78 Å². The van der Waals surface area contributed by atoms with Gasteiger partial charge < -0.3 is 5.73 Å². The van der Waals surface area contributed by atoms with Crippen LogP contribution < -0.4 is 5.73 Å². The SMILES string of the molecule is Cc1cc(N)ccc1C(=O)c1cc(Cl)ccc1I. The van der Waals surface area contributed by atoms with Crippen LogP contribution in [0.2, 0.25) is 5.02 Å². The van der Waals surface area contributed by atoms with Gasteiger partial charge in [0.25, 0.3) is 0 Å². The maximum atomic E-state index is 12.4. The summed E-state index contributed by atoms with van der Waals surface area (Å²) in [7, 11) is 0. The molecule has 2 nitrogen and oxygen atoms in total. The lowest BCUT2D eigenvalue weighted by Crippen LogP contribution is -2.06. The summed E-state index contributed by atoms with van der Waals surface area (Å²) in [4.78, 5) is 12.4. The van der Waals surface area contributed by atoms with Crippen LogP contribution in [0.4, 0.5) is 5.69 Å². The number of anilines is 1. The Bertz CT molecular complexity index is 625. The van der Waals surface area contributed by atoms with Crippen LogP contribution in [0, 0.1) is 10.5 Å². The molecular weight excluding hydrogens is 361 g/mol. The van der Waals surface area contributed by atoms with Gasteiger partial charge in [-0.1, -0.05) is 11.6 Å². The number of aryl methyl sites for hydroxylation is 1. The van der Waals surface area contributed by atoms with Crippen molar-refractivity contribution in [2.24, 2.45) is 0 Å². The van der Waals surface area contributed by atoms with Crippen molar-refractivity contribution < 1.29 is 4.79 Å². The van der Waals surface area contributed by atoms with Crippen LogP contribution in [0.25, 0.3) is 0 Å². The Morgan fingerprint density at radius 2 is 1.89 bits per heavy atom. The molecule has 2 N–H and O–H groups in total. The molecule has 0 heterocycles. The van der Waals surface area contributed by atoms with Crippen molar-refractivity contribution in [2.45, 2.75) is 6.92 Å². The van der Waals surface area contributed by atoms with Crippen LogP contribution in [-0.2, 0) is 0 Å². The minimum absolute atomic E-state index is 0.0283. The third-order valence-electron chi connectivity index (χ3n) is 2.67. The summed E-state index contributed by atoms with van der Waals surface area (Å²) in [6.07, 6.45) is 0. The summed E-state index contributed by atoms with van der Waals surface area (Å²) in [5.74, 6) is -0.0283. The molecule has 4 heteroatoms. The van der Waals surface area contributed by atoms with Gasteiger partial charge in [-0.15, -0.1) is 0 Å². The predicted molar refractivity (Wildman–Crippen MR) is 83.2 cm³/mol. The van der Waals surface area contributed by atoms with Crippen molar-refractivity contribution in [3.63, 3.8) is 0 Å². The summed E-state index contributed by atoms with van der Waals surface area (Å²) in [6.45, 7) is 1.88. The fourth-order valence-electron chi connectivity index (χ4n) is 1.76. The number of carbonyl (C=O) groups is 1. The number of rotatable bonds is 2. The normalized spacial score (nSPS) is 10.4. The second-order valence-corrected chi connectivity index (χ2v) is 5.63. The van der Waals surface area contributed by atoms with E-state index in [1.165, 1.54) is 0 Å². The first-order valence-electron chi connectivity index (χ1n) is 5.35. The van der Waals surface area contributed by atoms with Gasteiger partial charge in [-0.05, 0) is 71.5 Å².